The van der Waals surface area contributed by atoms with Crippen LogP contribution in [-0.4, -0.2) is 38.3 Å². The van der Waals surface area contributed by atoms with E-state index < -0.39 is 36.1 Å². The number of fused-ring (bicyclic) bond motifs is 1. The van der Waals surface area contributed by atoms with Crippen LogP contribution < -0.4 is 11.1 Å². The van der Waals surface area contributed by atoms with Gasteiger partial charge in [0.15, 0.2) is 5.65 Å². The standard InChI is InChI=1S/C22H17Cl2F2N5O2/c23-13-3-1-11(2-4-13)20(32)16(25)10-28-21(33)18-15(24)6-5-14(19(18)26)12-7-8-31-17(9-12)29-22(27)30-31/h1-9,16,20,32H,10H2,(H2,27,30)(H,28,33)/t16-,20-/m0/s1. The Bertz CT molecular complexity index is 1330. The van der Waals surface area contributed by atoms with Gasteiger partial charge in [0.1, 0.15) is 18.1 Å². The van der Waals surface area contributed by atoms with E-state index in [1.165, 1.54) is 40.9 Å². The molecular formula is C22H17Cl2F2N5O2. The highest BCUT2D eigenvalue weighted by Gasteiger charge is 2.24. The lowest BCUT2D eigenvalue weighted by atomic mass is 10.0. The van der Waals surface area contributed by atoms with Crippen LogP contribution >= 0.6 is 23.2 Å². The van der Waals surface area contributed by atoms with E-state index in [9.17, 15) is 14.3 Å². The molecule has 2 heterocycles. The molecule has 0 unspecified atom stereocenters. The number of halogens is 4. The molecule has 0 aliphatic heterocycles. The normalized spacial score (nSPS) is 13.1. The third kappa shape index (κ3) is 4.75. The fourth-order valence-corrected chi connectivity index (χ4v) is 3.67. The summed E-state index contributed by atoms with van der Waals surface area (Å²) in [5.74, 6) is -1.74. The van der Waals surface area contributed by atoms with Crippen LogP contribution in [0, 0.1) is 5.82 Å². The van der Waals surface area contributed by atoms with Gasteiger partial charge in [-0.1, -0.05) is 35.3 Å². The van der Waals surface area contributed by atoms with E-state index in [-0.39, 0.29) is 22.1 Å². The van der Waals surface area contributed by atoms with Crippen LogP contribution in [0.5, 0.6) is 0 Å². The summed E-state index contributed by atoms with van der Waals surface area (Å²) >= 11 is 11.9. The lowest BCUT2D eigenvalue weighted by Crippen LogP contribution is -2.34. The first kappa shape index (κ1) is 22.9. The van der Waals surface area contributed by atoms with Crippen LogP contribution in [0.4, 0.5) is 14.7 Å². The van der Waals surface area contributed by atoms with Crippen LogP contribution in [0.2, 0.25) is 10.0 Å². The fraction of sp³-hybridized carbons (Fsp3) is 0.136. The Morgan fingerprint density at radius 3 is 2.64 bits per heavy atom. The highest BCUT2D eigenvalue weighted by atomic mass is 35.5. The van der Waals surface area contributed by atoms with Crippen molar-refractivity contribution >= 4 is 40.7 Å². The lowest BCUT2D eigenvalue weighted by Gasteiger charge is -2.17. The summed E-state index contributed by atoms with van der Waals surface area (Å²) < 4.78 is 31.2. The number of hydrogen-bond donors (Lipinski definition) is 3. The smallest absolute Gasteiger partial charge is 0.255 e. The monoisotopic (exact) mass is 491 g/mol. The van der Waals surface area contributed by atoms with Gasteiger partial charge in [0, 0.05) is 16.8 Å². The average molecular weight is 492 g/mol. The summed E-state index contributed by atoms with van der Waals surface area (Å²) in [6.45, 7) is -0.562. The first-order valence-electron chi connectivity index (χ1n) is 9.70. The van der Waals surface area contributed by atoms with Gasteiger partial charge in [-0.3, -0.25) is 4.79 Å². The molecule has 0 bridgehead atoms. The number of hydrogen-bond acceptors (Lipinski definition) is 5. The molecule has 0 saturated heterocycles. The zero-order chi connectivity index (χ0) is 23.7. The number of aliphatic hydroxyl groups excluding tert-OH is 1. The van der Waals surface area contributed by atoms with Gasteiger partial charge in [-0.15, -0.1) is 5.10 Å². The Kier molecular flexibility index (Phi) is 6.46. The predicted molar refractivity (Wildman–Crippen MR) is 121 cm³/mol. The highest BCUT2D eigenvalue weighted by molar-refractivity contribution is 6.34. The number of benzene rings is 2. The van der Waals surface area contributed by atoms with Crippen molar-refractivity contribution in [1.82, 2.24) is 19.9 Å². The maximum absolute atomic E-state index is 15.3. The summed E-state index contributed by atoms with van der Waals surface area (Å²) in [6.07, 6.45) is -1.80. The highest BCUT2D eigenvalue weighted by Crippen LogP contribution is 2.30. The SMILES string of the molecule is Nc1nc2cc(-c3ccc(Cl)c(C(=O)NC[C@H](F)[C@@H](O)c4ccc(Cl)cc4)c3F)ccn2n1. The van der Waals surface area contributed by atoms with E-state index in [1.54, 1.807) is 18.3 Å². The number of carbonyl (C=O) groups excluding carboxylic acids is 1. The van der Waals surface area contributed by atoms with Crippen molar-refractivity contribution in [2.75, 3.05) is 12.3 Å². The lowest BCUT2D eigenvalue weighted by molar-refractivity contribution is 0.0714. The van der Waals surface area contributed by atoms with E-state index in [0.29, 0.717) is 16.2 Å². The Hall–Kier alpha value is -3.27. The van der Waals surface area contributed by atoms with Gasteiger partial charge in [-0.25, -0.2) is 13.3 Å². The zero-order valence-electron chi connectivity index (χ0n) is 16.8. The van der Waals surface area contributed by atoms with Crippen molar-refractivity contribution in [1.29, 1.82) is 0 Å². The average Bonchev–Trinajstić information content (AvgIpc) is 3.16. The Morgan fingerprint density at radius 1 is 1.18 bits per heavy atom. The maximum atomic E-state index is 15.3. The molecule has 1 amide bonds. The van der Waals surface area contributed by atoms with Crippen LogP contribution in [0.1, 0.15) is 22.0 Å². The molecule has 170 valence electrons. The number of carbonyl (C=O) groups is 1. The van der Waals surface area contributed by atoms with E-state index in [1.807, 2.05) is 0 Å². The van der Waals surface area contributed by atoms with Gasteiger partial charge >= 0.3 is 0 Å². The van der Waals surface area contributed by atoms with Gasteiger partial charge in [0.05, 0.1) is 17.1 Å². The number of amides is 1. The quantitative estimate of drug-likeness (QED) is 0.374. The minimum Gasteiger partial charge on any atom is -0.385 e. The molecule has 0 spiro atoms. The fourth-order valence-electron chi connectivity index (χ4n) is 3.31. The van der Waals surface area contributed by atoms with Gasteiger partial charge in [0.2, 0.25) is 5.95 Å². The number of pyridine rings is 1. The molecule has 0 aliphatic rings. The van der Waals surface area contributed by atoms with Gasteiger partial charge in [0.25, 0.3) is 5.91 Å². The van der Waals surface area contributed by atoms with E-state index in [2.05, 4.69) is 15.4 Å². The summed E-state index contributed by atoms with van der Waals surface area (Å²) in [7, 11) is 0. The van der Waals surface area contributed by atoms with Gasteiger partial charge in [-0.2, -0.15) is 4.98 Å². The van der Waals surface area contributed by atoms with Crippen molar-refractivity contribution in [2.24, 2.45) is 0 Å². The van der Waals surface area contributed by atoms with E-state index in [0.717, 1.165) is 0 Å². The zero-order valence-corrected chi connectivity index (χ0v) is 18.4. The number of nitrogens with zero attached hydrogens (tertiary/aromatic N) is 3. The largest absolute Gasteiger partial charge is 0.385 e. The molecule has 2 aromatic carbocycles. The summed E-state index contributed by atoms with van der Waals surface area (Å²) in [5.41, 5.74) is 6.32. The number of nitrogens with one attached hydrogen (secondary N) is 1. The number of anilines is 1. The minimum atomic E-state index is -1.85. The molecule has 0 fully saturated rings. The van der Waals surface area contributed by atoms with Crippen molar-refractivity contribution < 1.29 is 18.7 Å². The van der Waals surface area contributed by atoms with Crippen molar-refractivity contribution in [2.45, 2.75) is 12.3 Å². The third-order valence-corrected chi connectivity index (χ3v) is 5.56. The van der Waals surface area contributed by atoms with Crippen LogP contribution in [0.25, 0.3) is 16.8 Å². The van der Waals surface area contributed by atoms with Crippen molar-refractivity contribution in [3.05, 3.63) is 81.7 Å². The molecule has 4 N–H and O–H groups in total. The molecule has 0 saturated carbocycles. The molecule has 7 nitrogen and oxygen atoms in total. The Balaban J connectivity index is 1.54. The summed E-state index contributed by atoms with van der Waals surface area (Å²) in [6, 6.07) is 11.9. The number of aliphatic hydroxyl groups is 1. The second-order valence-corrected chi connectivity index (χ2v) is 8.04. The molecular weight excluding hydrogens is 475 g/mol. The summed E-state index contributed by atoms with van der Waals surface area (Å²) in [5, 5.41) is 16.7. The molecule has 2 aromatic heterocycles. The second kappa shape index (κ2) is 9.30. The number of nitrogen functional groups attached to an aromatic ring is 1. The molecule has 4 aromatic rings. The molecule has 33 heavy (non-hydrogen) atoms. The molecule has 4 rings (SSSR count). The number of alkyl halides is 1. The predicted octanol–water partition coefficient (Wildman–Crippen LogP) is 4.23. The summed E-state index contributed by atoms with van der Waals surface area (Å²) in [4.78, 5) is 16.7. The number of rotatable bonds is 6. The van der Waals surface area contributed by atoms with Crippen molar-refractivity contribution in [3.63, 3.8) is 0 Å². The van der Waals surface area contributed by atoms with Gasteiger partial charge < -0.3 is 16.2 Å². The number of aromatic nitrogens is 3. The third-order valence-electron chi connectivity index (χ3n) is 4.99. The van der Waals surface area contributed by atoms with Gasteiger partial charge in [-0.05, 0) is 47.5 Å². The molecule has 0 aliphatic carbocycles. The Morgan fingerprint density at radius 2 is 1.91 bits per heavy atom. The second-order valence-electron chi connectivity index (χ2n) is 7.19. The van der Waals surface area contributed by atoms with Crippen LogP contribution in [-0.2, 0) is 0 Å². The maximum Gasteiger partial charge on any atom is 0.255 e. The van der Waals surface area contributed by atoms with E-state index in [4.69, 9.17) is 28.9 Å². The first-order chi connectivity index (χ1) is 15.7. The number of nitrogens with two attached hydrogens (primary N) is 1. The Labute approximate surface area is 196 Å². The molecule has 11 heteroatoms. The van der Waals surface area contributed by atoms with E-state index >= 15 is 4.39 Å². The molecule has 0 radical (unpaired) electrons. The first-order valence-corrected chi connectivity index (χ1v) is 10.5. The topological polar surface area (TPSA) is 106 Å². The molecule has 2 atom stereocenters. The minimum absolute atomic E-state index is 0.0605. The van der Waals surface area contributed by atoms with Crippen LogP contribution in [0.3, 0.4) is 0 Å². The van der Waals surface area contributed by atoms with Crippen LogP contribution in [0.15, 0.2) is 54.7 Å². The van der Waals surface area contributed by atoms with Crippen molar-refractivity contribution in [3.8, 4) is 11.1 Å².